The molecule has 3 atom stereocenters. The largest absolute Gasteiger partial charge is 0.347 e. The smallest absolute Gasteiger partial charge is 0.264 e. The Bertz CT molecular complexity index is 338. The molecule has 1 aliphatic carbocycles. The minimum Gasteiger partial charge on any atom is -0.347 e. The SMILES string of the molecule is O=C(NC1C2CNC1C2)c1cnns1. The van der Waals surface area contributed by atoms with Gasteiger partial charge >= 0.3 is 0 Å². The van der Waals surface area contributed by atoms with Gasteiger partial charge in [-0.1, -0.05) is 4.49 Å². The zero-order chi connectivity index (χ0) is 9.54. The Hall–Kier alpha value is -1.01. The molecule has 2 bridgehead atoms. The summed E-state index contributed by atoms with van der Waals surface area (Å²) >= 11 is 1.14. The number of rotatable bonds is 2. The lowest BCUT2D eigenvalue weighted by Gasteiger charge is -2.34. The molecular weight excluding hydrogens is 200 g/mol. The fraction of sp³-hybridized carbons (Fsp3) is 0.625. The average Bonchev–Trinajstić information content (AvgIpc) is 2.85. The molecule has 1 saturated carbocycles. The summed E-state index contributed by atoms with van der Waals surface area (Å²) in [7, 11) is 0. The van der Waals surface area contributed by atoms with Crippen LogP contribution in [-0.4, -0.2) is 34.1 Å². The molecule has 3 heterocycles. The van der Waals surface area contributed by atoms with Gasteiger partial charge in [-0.05, 0) is 23.9 Å². The van der Waals surface area contributed by atoms with Crippen LogP contribution in [0.3, 0.4) is 0 Å². The van der Waals surface area contributed by atoms with Crippen molar-refractivity contribution in [3.05, 3.63) is 11.1 Å². The molecule has 4 rings (SSSR count). The maximum Gasteiger partial charge on any atom is 0.264 e. The summed E-state index contributed by atoms with van der Waals surface area (Å²) in [4.78, 5) is 12.2. The lowest BCUT2D eigenvalue weighted by atomic mass is 9.80. The second-order valence-corrected chi connectivity index (χ2v) is 4.58. The monoisotopic (exact) mass is 210 g/mol. The van der Waals surface area contributed by atoms with Gasteiger partial charge in [0.2, 0.25) is 0 Å². The first-order valence-corrected chi connectivity index (χ1v) is 5.43. The van der Waals surface area contributed by atoms with Gasteiger partial charge in [0.05, 0.1) is 6.20 Å². The number of aromatic nitrogens is 2. The first kappa shape index (κ1) is 8.31. The Morgan fingerprint density at radius 1 is 1.71 bits per heavy atom. The van der Waals surface area contributed by atoms with E-state index in [1.54, 1.807) is 0 Å². The standard InChI is InChI=1S/C8H10N4OS/c13-8(6-3-10-12-14-6)11-7-4-1-5(7)9-2-4/h3-5,7,9H,1-2H2,(H,11,13). The lowest BCUT2D eigenvalue weighted by molar-refractivity contribution is 0.0896. The minimum absolute atomic E-state index is 0.0385. The van der Waals surface area contributed by atoms with E-state index in [-0.39, 0.29) is 5.91 Å². The number of nitrogens with one attached hydrogen (secondary N) is 2. The van der Waals surface area contributed by atoms with Crippen molar-refractivity contribution in [2.75, 3.05) is 6.54 Å². The van der Waals surface area contributed by atoms with E-state index in [4.69, 9.17) is 0 Å². The number of amides is 1. The second kappa shape index (κ2) is 2.99. The van der Waals surface area contributed by atoms with E-state index in [1.807, 2.05) is 0 Å². The Balaban J connectivity index is 1.66. The molecule has 0 radical (unpaired) electrons. The van der Waals surface area contributed by atoms with E-state index < -0.39 is 0 Å². The van der Waals surface area contributed by atoms with Crippen LogP contribution in [0.2, 0.25) is 0 Å². The van der Waals surface area contributed by atoms with Crippen molar-refractivity contribution in [2.24, 2.45) is 5.92 Å². The van der Waals surface area contributed by atoms with Crippen LogP contribution in [0.4, 0.5) is 0 Å². The zero-order valence-corrected chi connectivity index (χ0v) is 8.25. The molecule has 3 fully saturated rings. The van der Waals surface area contributed by atoms with Crippen molar-refractivity contribution in [1.82, 2.24) is 20.2 Å². The highest BCUT2D eigenvalue weighted by atomic mass is 32.1. The first-order chi connectivity index (χ1) is 6.84. The number of hydrogen-bond acceptors (Lipinski definition) is 5. The first-order valence-electron chi connectivity index (χ1n) is 4.66. The Kier molecular flexibility index (Phi) is 1.78. The number of nitrogens with zero attached hydrogens (tertiary/aromatic N) is 2. The predicted molar refractivity (Wildman–Crippen MR) is 51.1 cm³/mol. The average molecular weight is 210 g/mol. The molecule has 5 nitrogen and oxygen atoms in total. The van der Waals surface area contributed by atoms with Gasteiger partial charge in [-0.3, -0.25) is 4.79 Å². The fourth-order valence-electron chi connectivity index (χ4n) is 2.18. The molecule has 3 aliphatic rings. The third kappa shape index (κ3) is 1.14. The second-order valence-electron chi connectivity index (χ2n) is 3.79. The van der Waals surface area contributed by atoms with Crippen LogP contribution in [0.15, 0.2) is 6.20 Å². The molecule has 0 spiro atoms. The lowest BCUT2D eigenvalue weighted by Crippen LogP contribution is -2.53. The molecule has 0 aromatic carbocycles. The van der Waals surface area contributed by atoms with Crippen LogP contribution in [-0.2, 0) is 0 Å². The van der Waals surface area contributed by atoms with Crippen molar-refractivity contribution >= 4 is 17.4 Å². The topological polar surface area (TPSA) is 66.9 Å². The molecule has 1 amide bonds. The molecule has 3 unspecified atom stereocenters. The highest BCUT2D eigenvalue weighted by Gasteiger charge is 2.47. The van der Waals surface area contributed by atoms with Gasteiger partial charge in [-0.15, -0.1) is 5.10 Å². The highest BCUT2D eigenvalue weighted by Crippen LogP contribution is 2.33. The van der Waals surface area contributed by atoms with E-state index in [2.05, 4.69) is 20.2 Å². The van der Waals surface area contributed by atoms with Crippen molar-refractivity contribution in [3.8, 4) is 0 Å². The van der Waals surface area contributed by atoms with Crippen LogP contribution >= 0.6 is 11.5 Å². The van der Waals surface area contributed by atoms with Gasteiger partial charge in [0, 0.05) is 18.6 Å². The highest BCUT2D eigenvalue weighted by molar-refractivity contribution is 7.07. The maximum absolute atomic E-state index is 11.6. The van der Waals surface area contributed by atoms with Crippen LogP contribution in [0.1, 0.15) is 16.1 Å². The summed E-state index contributed by atoms with van der Waals surface area (Å²) in [6.07, 6.45) is 2.71. The Morgan fingerprint density at radius 3 is 3.21 bits per heavy atom. The van der Waals surface area contributed by atoms with E-state index in [1.165, 1.54) is 12.6 Å². The summed E-state index contributed by atoms with van der Waals surface area (Å²) in [5.41, 5.74) is 0. The van der Waals surface area contributed by atoms with E-state index in [0.717, 1.165) is 18.1 Å². The van der Waals surface area contributed by atoms with E-state index >= 15 is 0 Å². The molecule has 2 saturated heterocycles. The number of hydrogen-bond donors (Lipinski definition) is 2. The molecular formula is C8H10N4OS. The number of carbonyl (C=O) groups excluding carboxylic acids is 1. The Morgan fingerprint density at radius 2 is 2.64 bits per heavy atom. The third-order valence-corrected chi connectivity index (χ3v) is 3.69. The summed E-state index contributed by atoms with van der Waals surface area (Å²) in [6, 6.07) is 0.814. The van der Waals surface area contributed by atoms with Gasteiger partial charge in [0.25, 0.3) is 5.91 Å². The molecule has 1 aromatic rings. The van der Waals surface area contributed by atoms with Crippen molar-refractivity contribution in [2.45, 2.75) is 18.5 Å². The van der Waals surface area contributed by atoms with Crippen LogP contribution in [0.5, 0.6) is 0 Å². The molecule has 2 aliphatic heterocycles. The van der Waals surface area contributed by atoms with Gasteiger partial charge in [-0.25, -0.2) is 0 Å². The minimum atomic E-state index is -0.0385. The number of fused-ring (bicyclic) bond motifs is 1. The molecule has 2 N–H and O–H groups in total. The third-order valence-electron chi connectivity index (χ3n) is 3.02. The van der Waals surface area contributed by atoms with E-state index in [9.17, 15) is 4.79 Å². The summed E-state index contributed by atoms with van der Waals surface area (Å²) in [5.74, 6) is 0.591. The maximum atomic E-state index is 11.6. The number of carbonyl (C=O) groups is 1. The molecule has 14 heavy (non-hydrogen) atoms. The van der Waals surface area contributed by atoms with Crippen molar-refractivity contribution in [3.63, 3.8) is 0 Å². The molecule has 1 aromatic heterocycles. The van der Waals surface area contributed by atoms with E-state index in [0.29, 0.717) is 22.9 Å². The predicted octanol–water partition coefficient (Wildman–Crippen LogP) is -0.372. The van der Waals surface area contributed by atoms with Gasteiger partial charge in [0.1, 0.15) is 4.88 Å². The zero-order valence-electron chi connectivity index (χ0n) is 7.43. The van der Waals surface area contributed by atoms with Crippen LogP contribution in [0, 0.1) is 5.92 Å². The summed E-state index contributed by atoms with van der Waals surface area (Å²) < 4.78 is 3.66. The normalized spacial score (nSPS) is 33.9. The fourth-order valence-corrected chi connectivity index (χ4v) is 2.60. The van der Waals surface area contributed by atoms with Crippen molar-refractivity contribution in [1.29, 1.82) is 0 Å². The molecule has 6 heteroatoms. The Labute approximate surface area is 85.1 Å². The van der Waals surface area contributed by atoms with Gasteiger partial charge in [-0.2, -0.15) is 0 Å². The summed E-state index contributed by atoms with van der Waals surface area (Å²) in [6.45, 7) is 1.04. The van der Waals surface area contributed by atoms with Gasteiger partial charge in [0.15, 0.2) is 0 Å². The van der Waals surface area contributed by atoms with Gasteiger partial charge < -0.3 is 10.6 Å². The van der Waals surface area contributed by atoms with Crippen molar-refractivity contribution < 1.29 is 4.79 Å². The molecule has 74 valence electrons. The quantitative estimate of drug-likeness (QED) is 0.699. The van der Waals surface area contributed by atoms with Crippen LogP contribution < -0.4 is 10.6 Å². The van der Waals surface area contributed by atoms with Crippen LogP contribution in [0.25, 0.3) is 0 Å². The summed E-state index contributed by atoms with van der Waals surface area (Å²) in [5, 5.41) is 10.0.